The Kier molecular flexibility index (Phi) is 7.97. The predicted molar refractivity (Wildman–Crippen MR) is 73.9 cm³/mol. The van der Waals surface area contributed by atoms with E-state index in [0.29, 0.717) is 26.4 Å². The molecule has 0 radical (unpaired) electrons. The fourth-order valence-corrected chi connectivity index (χ4v) is 1.50. The molecule has 0 spiro atoms. The van der Waals surface area contributed by atoms with Crippen LogP contribution >= 0.6 is 0 Å². The number of benzene rings is 1. The fourth-order valence-electron chi connectivity index (χ4n) is 1.50. The molecule has 0 amide bonds. The number of ether oxygens (including phenoxy) is 3. The van der Waals surface area contributed by atoms with E-state index in [1.165, 1.54) is 0 Å². The Morgan fingerprint density at radius 3 is 2.32 bits per heavy atom. The number of nitrogens with zero attached hydrogens (tertiary/aromatic N) is 1. The lowest BCUT2D eigenvalue weighted by Gasteiger charge is -2.14. The number of aliphatic hydroxyl groups excluding tert-OH is 1. The van der Waals surface area contributed by atoms with E-state index < -0.39 is 0 Å². The van der Waals surface area contributed by atoms with Crippen molar-refractivity contribution in [2.24, 2.45) is 0 Å². The maximum absolute atomic E-state index is 8.73. The van der Waals surface area contributed by atoms with Gasteiger partial charge in [0.1, 0.15) is 18.1 Å². The van der Waals surface area contributed by atoms with Gasteiger partial charge in [-0.1, -0.05) is 0 Å². The summed E-state index contributed by atoms with van der Waals surface area (Å²) in [6.07, 6.45) is 0. The second-order valence-electron chi connectivity index (χ2n) is 4.16. The van der Waals surface area contributed by atoms with Crippen molar-refractivity contribution in [2.75, 3.05) is 53.7 Å². The first-order valence-corrected chi connectivity index (χ1v) is 6.40. The minimum Gasteiger partial charge on any atom is -0.497 e. The highest BCUT2D eigenvalue weighted by Gasteiger charge is 1.98. The number of hydrogen-bond donors (Lipinski definition) is 1. The van der Waals surface area contributed by atoms with Crippen LogP contribution in [0.1, 0.15) is 0 Å². The van der Waals surface area contributed by atoms with Crippen LogP contribution in [-0.2, 0) is 4.74 Å². The number of hydrogen-bond acceptors (Lipinski definition) is 5. The van der Waals surface area contributed by atoms with Gasteiger partial charge in [-0.25, -0.2) is 0 Å². The lowest BCUT2D eigenvalue weighted by atomic mass is 10.3. The SMILES string of the molecule is COc1ccc(OCCOCCN(C)CCO)cc1. The smallest absolute Gasteiger partial charge is 0.119 e. The summed E-state index contributed by atoms with van der Waals surface area (Å²) in [6, 6.07) is 7.46. The lowest BCUT2D eigenvalue weighted by molar-refractivity contribution is 0.0813. The van der Waals surface area contributed by atoms with Crippen molar-refractivity contribution < 1.29 is 19.3 Å². The summed E-state index contributed by atoms with van der Waals surface area (Å²) >= 11 is 0. The molecule has 5 nitrogen and oxygen atoms in total. The van der Waals surface area contributed by atoms with E-state index in [-0.39, 0.29) is 6.61 Å². The van der Waals surface area contributed by atoms with Crippen LogP contribution in [0.2, 0.25) is 0 Å². The molecule has 108 valence electrons. The van der Waals surface area contributed by atoms with Gasteiger partial charge in [-0.05, 0) is 31.3 Å². The number of likely N-dealkylation sites (N-methyl/N-ethyl adjacent to an activating group) is 1. The summed E-state index contributed by atoms with van der Waals surface area (Å²) in [5, 5.41) is 8.73. The third-order valence-corrected chi connectivity index (χ3v) is 2.65. The zero-order valence-corrected chi connectivity index (χ0v) is 11.7. The normalized spacial score (nSPS) is 10.7. The van der Waals surface area contributed by atoms with Gasteiger partial charge in [0.15, 0.2) is 0 Å². The third-order valence-electron chi connectivity index (χ3n) is 2.65. The van der Waals surface area contributed by atoms with Crippen LogP contribution in [0.3, 0.4) is 0 Å². The zero-order valence-electron chi connectivity index (χ0n) is 11.7. The van der Waals surface area contributed by atoms with Crippen molar-refractivity contribution in [2.45, 2.75) is 0 Å². The highest BCUT2D eigenvalue weighted by atomic mass is 16.5. The van der Waals surface area contributed by atoms with Crippen LogP contribution in [0.4, 0.5) is 0 Å². The van der Waals surface area contributed by atoms with Gasteiger partial charge in [-0.15, -0.1) is 0 Å². The van der Waals surface area contributed by atoms with Crippen molar-refractivity contribution in [1.82, 2.24) is 4.90 Å². The third kappa shape index (κ3) is 7.00. The van der Waals surface area contributed by atoms with Crippen molar-refractivity contribution in [3.63, 3.8) is 0 Å². The fraction of sp³-hybridized carbons (Fsp3) is 0.571. The molecule has 0 aliphatic carbocycles. The van der Waals surface area contributed by atoms with E-state index in [1.807, 2.05) is 36.2 Å². The molecular weight excluding hydrogens is 246 g/mol. The monoisotopic (exact) mass is 269 g/mol. The van der Waals surface area contributed by atoms with Gasteiger partial charge in [-0.3, -0.25) is 0 Å². The van der Waals surface area contributed by atoms with Crippen LogP contribution < -0.4 is 9.47 Å². The Morgan fingerprint density at radius 1 is 1.00 bits per heavy atom. The molecule has 5 heteroatoms. The van der Waals surface area contributed by atoms with Crippen LogP contribution in [0.15, 0.2) is 24.3 Å². The predicted octanol–water partition coefficient (Wildman–Crippen LogP) is 1.01. The summed E-state index contributed by atoms with van der Waals surface area (Å²) in [5.41, 5.74) is 0. The minimum atomic E-state index is 0.178. The van der Waals surface area contributed by atoms with Crippen molar-refractivity contribution in [3.05, 3.63) is 24.3 Å². The molecule has 0 aliphatic heterocycles. The highest BCUT2D eigenvalue weighted by Crippen LogP contribution is 2.16. The van der Waals surface area contributed by atoms with Crippen LogP contribution in [0, 0.1) is 0 Å². The maximum Gasteiger partial charge on any atom is 0.119 e. The van der Waals surface area contributed by atoms with Gasteiger partial charge in [0.2, 0.25) is 0 Å². The first-order valence-electron chi connectivity index (χ1n) is 6.40. The number of methoxy groups -OCH3 is 1. The van der Waals surface area contributed by atoms with Crippen molar-refractivity contribution in [3.8, 4) is 11.5 Å². The molecule has 0 aliphatic rings. The molecular formula is C14H23NO4. The molecule has 0 unspecified atom stereocenters. The van der Waals surface area contributed by atoms with E-state index in [4.69, 9.17) is 19.3 Å². The zero-order chi connectivity index (χ0) is 13.9. The standard InChI is InChI=1S/C14H23NO4/c1-15(7-9-16)8-10-18-11-12-19-14-5-3-13(17-2)4-6-14/h3-6,16H,7-12H2,1-2H3. The van der Waals surface area contributed by atoms with E-state index >= 15 is 0 Å². The molecule has 0 bridgehead atoms. The Bertz CT molecular complexity index is 329. The van der Waals surface area contributed by atoms with E-state index in [1.54, 1.807) is 7.11 Å². The average Bonchev–Trinajstić information content (AvgIpc) is 2.43. The molecule has 1 aromatic rings. The highest BCUT2D eigenvalue weighted by molar-refractivity contribution is 5.31. The summed E-state index contributed by atoms with van der Waals surface area (Å²) in [5.74, 6) is 1.62. The maximum atomic E-state index is 8.73. The van der Waals surface area contributed by atoms with Crippen LogP contribution in [0.25, 0.3) is 0 Å². The van der Waals surface area contributed by atoms with Gasteiger partial charge in [-0.2, -0.15) is 0 Å². The summed E-state index contributed by atoms with van der Waals surface area (Å²) in [4.78, 5) is 2.02. The van der Waals surface area contributed by atoms with E-state index in [9.17, 15) is 0 Å². The Morgan fingerprint density at radius 2 is 1.68 bits per heavy atom. The largest absolute Gasteiger partial charge is 0.497 e. The summed E-state index contributed by atoms with van der Waals surface area (Å²) in [7, 11) is 3.59. The molecule has 0 aromatic heterocycles. The molecule has 1 aromatic carbocycles. The van der Waals surface area contributed by atoms with Crippen LogP contribution in [-0.4, -0.2) is 63.7 Å². The molecule has 19 heavy (non-hydrogen) atoms. The van der Waals surface area contributed by atoms with E-state index in [2.05, 4.69) is 0 Å². The van der Waals surface area contributed by atoms with Gasteiger partial charge in [0.05, 0.1) is 26.9 Å². The average molecular weight is 269 g/mol. The second-order valence-corrected chi connectivity index (χ2v) is 4.16. The van der Waals surface area contributed by atoms with Gasteiger partial charge in [0.25, 0.3) is 0 Å². The number of rotatable bonds is 10. The van der Waals surface area contributed by atoms with Crippen molar-refractivity contribution >= 4 is 0 Å². The Labute approximate surface area is 114 Å². The van der Waals surface area contributed by atoms with Gasteiger partial charge >= 0.3 is 0 Å². The van der Waals surface area contributed by atoms with Crippen LogP contribution in [0.5, 0.6) is 11.5 Å². The summed E-state index contributed by atoms with van der Waals surface area (Å²) in [6.45, 7) is 3.38. The topological polar surface area (TPSA) is 51.2 Å². The molecule has 0 saturated heterocycles. The molecule has 0 atom stereocenters. The van der Waals surface area contributed by atoms with Crippen molar-refractivity contribution in [1.29, 1.82) is 0 Å². The number of aliphatic hydroxyl groups is 1. The molecule has 1 N–H and O–H groups in total. The quantitative estimate of drug-likeness (QED) is 0.643. The molecule has 0 heterocycles. The Hall–Kier alpha value is -1.30. The molecule has 0 fully saturated rings. The van der Waals surface area contributed by atoms with Gasteiger partial charge in [0, 0.05) is 13.1 Å². The molecule has 0 saturated carbocycles. The molecule has 1 rings (SSSR count). The first kappa shape index (κ1) is 15.8. The lowest BCUT2D eigenvalue weighted by Crippen LogP contribution is -2.26. The van der Waals surface area contributed by atoms with E-state index in [0.717, 1.165) is 18.0 Å². The van der Waals surface area contributed by atoms with Gasteiger partial charge < -0.3 is 24.2 Å². The summed E-state index contributed by atoms with van der Waals surface area (Å²) < 4.78 is 16.0. The Balaban J connectivity index is 2.04. The first-order chi connectivity index (χ1) is 9.26. The second kappa shape index (κ2) is 9.61. The minimum absolute atomic E-state index is 0.178.